The topological polar surface area (TPSA) is 111 Å². The summed E-state index contributed by atoms with van der Waals surface area (Å²) in [5, 5.41) is 11.3. The number of fused-ring (bicyclic) bond motifs is 2. The van der Waals surface area contributed by atoms with Crippen molar-refractivity contribution < 1.29 is 28.9 Å². The normalized spacial score (nSPS) is 24.1. The Labute approximate surface area is 305 Å². The third-order valence-corrected chi connectivity index (χ3v) is 16.1. The van der Waals surface area contributed by atoms with Crippen molar-refractivity contribution in [1.29, 1.82) is 0 Å². The van der Waals surface area contributed by atoms with Gasteiger partial charge in [-0.15, -0.1) is 0 Å². The molecule has 0 aliphatic carbocycles. The molecule has 2 saturated heterocycles. The van der Waals surface area contributed by atoms with Crippen LogP contribution in [0, 0.1) is 5.92 Å². The van der Waals surface area contributed by atoms with Crippen molar-refractivity contribution in [2.45, 2.75) is 69.1 Å². The molecular formula is C41H47N3O7Si. The number of aromatic nitrogens is 1. The van der Waals surface area contributed by atoms with Crippen LogP contribution >= 0.6 is 0 Å². The number of rotatable bonds is 10. The third kappa shape index (κ3) is 5.84. The molecule has 3 aliphatic rings. The number of aliphatic hydroxyl groups is 1. The van der Waals surface area contributed by atoms with E-state index in [0.717, 1.165) is 29.8 Å². The molecule has 4 aromatic rings. The number of pyridine rings is 1. The van der Waals surface area contributed by atoms with E-state index in [1.165, 1.54) is 16.9 Å². The Kier molecular flexibility index (Phi) is 9.62. The van der Waals surface area contributed by atoms with Gasteiger partial charge in [0.1, 0.15) is 5.75 Å². The maximum atomic E-state index is 15.3. The molecule has 4 heterocycles. The number of hydrogen-bond donors (Lipinski definition) is 1. The lowest BCUT2D eigenvalue weighted by Gasteiger charge is -2.37. The maximum absolute atomic E-state index is 15.3. The molecule has 2 amide bonds. The molecule has 0 saturated carbocycles. The molecule has 0 radical (unpaired) electrons. The predicted octanol–water partition coefficient (Wildman–Crippen LogP) is 4.99. The van der Waals surface area contributed by atoms with E-state index >= 15 is 4.79 Å². The van der Waals surface area contributed by atoms with Crippen LogP contribution in [0.1, 0.15) is 37.3 Å². The Balaban J connectivity index is 1.39. The molecule has 1 aromatic heterocycles. The van der Waals surface area contributed by atoms with E-state index in [0.29, 0.717) is 24.3 Å². The van der Waals surface area contributed by atoms with Gasteiger partial charge in [-0.05, 0) is 66.4 Å². The maximum Gasteiger partial charge on any atom is 0.297 e. The van der Waals surface area contributed by atoms with E-state index in [4.69, 9.17) is 14.2 Å². The first-order valence-electron chi connectivity index (χ1n) is 18.0. The molecular weight excluding hydrogens is 675 g/mol. The number of aliphatic hydroxyl groups excluding tert-OH is 1. The van der Waals surface area contributed by atoms with Gasteiger partial charge in [0.05, 0.1) is 59.7 Å². The Morgan fingerprint density at radius 1 is 0.981 bits per heavy atom. The molecule has 3 aliphatic heterocycles. The first-order valence-corrected chi connectivity index (χ1v) is 21.1. The van der Waals surface area contributed by atoms with E-state index in [2.05, 4.69) is 32.2 Å². The zero-order chi connectivity index (χ0) is 36.8. The van der Waals surface area contributed by atoms with Crippen LogP contribution in [-0.2, 0) is 26.5 Å². The number of nitrogens with zero attached hydrogens (tertiary/aromatic N) is 3. The van der Waals surface area contributed by atoms with Crippen LogP contribution in [0.3, 0.4) is 0 Å². The minimum Gasteiger partial charge on any atom is -0.497 e. The SMILES string of the molecule is COc1ccc([Si](C)(C)[C@@H]2[C@@H](CC(=O)N3CCC[C@H]3CO)O[C@]3(C(=O)N(Cc4ccccc4)c4ccc(-n5cccc(OC)c5=O)cc43)[C@H]2C)cc1. The largest absolute Gasteiger partial charge is 0.497 e. The van der Waals surface area contributed by atoms with Gasteiger partial charge >= 0.3 is 0 Å². The molecule has 5 atom stereocenters. The first kappa shape index (κ1) is 35.7. The standard InChI is InChI=1S/C41H47N3O7Si/c1-27-38(52(4,5)32-18-16-31(49-2)17-19-32)36(24-37(46)42-21-9-13-30(42)26-45)51-41(27)33-23-29(43-22-10-14-35(50-3)39(43)47)15-20-34(33)44(40(41)48)25-28-11-7-6-8-12-28/h6-8,10-12,14-20,22-23,27,30,36,38,45H,9,13,21,24-26H2,1-5H3/t27-,30-,36+,38-,41+/m0/s1. The minimum atomic E-state index is -2.52. The second-order valence-electron chi connectivity index (χ2n) is 14.8. The van der Waals surface area contributed by atoms with E-state index < -0.39 is 19.8 Å². The van der Waals surface area contributed by atoms with Crippen LogP contribution in [0.5, 0.6) is 11.5 Å². The first-order chi connectivity index (χ1) is 25.0. The molecule has 1 N–H and O–H groups in total. The molecule has 0 unspecified atom stereocenters. The molecule has 3 aromatic carbocycles. The number of anilines is 1. The summed E-state index contributed by atoms with van der Waals surface area (Å²) in [4.78, 5) is 46.4. The van der Waals surface area contributed by atoms with E-state index in [1.807, 2.05) is 60.7 Å². The highest BCUT2D eigenvalue weighted by Gasteiger charge is 2.66. The summed E-state index contributed by atoms with van der Waals surface area (Å²) in [5.41, 5.74) is 1.06. The van der Waals surface area contributed by atoms with Crippen molar-refractivity contribution in [3.05, 3.63) is 113 Å². The lowest BCUT2D eigenvalue weighted by atomic mass is 9.82. The monoisotopic (exact) mass is 721 g/mol. The fourth-order valence-corrected chi connectivity index (χ4v) is 13.1. The molecule has 272 valence electrons. The summed E-state index contributed by atoms with van der Waals surface area (Å²) in [6.07, 6.45) is 2.80. The van der Waals surface area contributed by atoms with Crippen LogP contribution in [0.2, 0.25) is 18.6 Å². The Morgan fingerprint density at radius 3 is 2.42 bits per heavy atom. The molecule has 1 spiro atoms. The van der Waals surface area contributed by atoms with Crippen LogP contribution in [0.4, 0.5) is 5.69 Å². The Bertz CT molecular complexity index is 2020. The fraction of sp³-hybridized carbons (Fsp3) is 0.390. The van der Waals surface area contributed by atoms with E-state index in [-0.39, 0.29) is 53.7 Å². The highest BCUT2D eigenvalue weighted by atomic mass is 28.3. The van der Waals surface area contributed by atoms with Crippen LogP contribution in [0.15, 0.2) is 95.9 Å². The number of carbonyl (C=O) groups excluding carboxylic acids is 2. The smallest absolute Gasteiger partial charge is 0.297 e. The van der Waals surface area contributed by atoms with Crippen LogP contribution < -0.4 is 25.1 Å². The average Bonchev–Trinajstić information content (AvgIpc) is 3.82. The molecule has 7 rings (SSSR count). The highest BCUT2D eigenvalue weighted by Crippen LogP contribution is 2.60. The summed E-state index contributed by atoms with van der Waals surface area (Å²) >= 11 is 0. The lowest BCUT2D eigenvalue weighted by molar-refractivity contribution is -0.150. The quantitative estimate of drug-likeness (QED) is 0.230. The molecule has 11 heteroatoms. The van der Waals surface area contributed by atoms with Gasteiger partial charge in [0.15, 0.2) is 11.4 Å². The zero-order valence-electron chi connectivity index (χ0n) is 30.5. The van der Waals surface area contributed by atoms with Gasteiger partial charge in [0.2, 0.25) is 5.91 Å². The molecule has 52 heavy (non-hydrogen) atoms. The number of benzene rings is 3. The van der Waals surface area contributed by atoms with Gasteiger partial charge in [0, 0.05) is 29.9 Å². The summed E-state index contributed by atoms with van der Waals surface area (Å²) in [7, 11) is 0.589. The minimum absolute atomic E-state index is 0.0705. The fourth-order valence-electron chi connectivity index (χ4n) is 9.05. The van der Waals surface area contributed by atoms with Crippen molar-refractivity contribution >= 4 is 30.8 Å². The number of amides is 2. The van der Waals surface area contributed by atoms with Crippen LogP contribution in [-0.4, -0.2) is 74.0 Å². The van der Waals surface area contributed by atoms with Crippen molar-refractivity contribution in [3.63, 3.8) is 0 Å². The predicted molar refractivity (Wildman–Crippen MR) is 202 cm³/mol. The van der Waals surface area contributed by atoms with E-state index in [1.54, 1.807) is 35.2 Å². The molecule has 0 bridgehead atoms. The third-order valence-electron chi connectivity index (χ3n) is 11.7. The van der Waals surface area contributed by atoms with Crippen LogP contribution in [0.25, 0.3) is 5.69 Å². The number of likely N-dealkylation sites (tertiary alicyclic amines) is 1. The van der Waals surface area contributed by atoms with Crippen molar-refractivity contribution in [1.82, 2.24) is 9.47 Å². The number of methoxy groups -OCH3 is 2. The van der Waals surface area contributed by atoms with E-state index in [9.17, 15) is 14.7 Å². The van der Waals surface area contributed by atoms with Crippen molar-refractivity contribution in [3.8, 4) is 17.2 Å². The van der Waals surface area contributed by atoms with Gasteiger partial charge in [-0.1, -0.05) is 67.7 Å². The summed E-state index contributed by atoms with van der Waals surface area (Å²) in [6.45, 7) is 7.51. The number of carbonyl (C=O) groups is 2. The van der Waals surface area contributed by atoms with Gasteiger partial charge < -0.3 is 29.1 Å². The summed E-state index contributed by atoms with van der Waals surface area (Å²) in [6, 6.07) is 26.8. The Morgan fingerprint density at radius 2 is 1.73 bits per heavy atom. The zero-order valence-corrected chi connectivity index (χ0v) is 31.5. The van der Waals surface area contributed by atoms with Crippen molar-refractivity contribution in [2.75, 3.05) is 32.3 Å². The number of ether oxygens (including phenoxy) is 3. The van der Waals surface area contributed by atoms with Gasteiger partial charge in [0.25, 0.3) is 11.5 Å². The Hall–Kier alpha value is -4.71. The highest BCUT2D eigenvalue weighted by molar-refractivity contribution is 6.91. The summed E-state index contributed by atoms with van der Waals surface area (Å²) < 4.78 is 19.6. The van der Waals surface area contributed by atoms with Gasteiger partial charge in [-0.2, -0.15) is 0 Å². The second-order valence-corrected chi connectivity index (χ2v) is 19.4. The summed E-state index contributed by atoms with van der Waals surface area (Å²) in [5.74, 6) is 0.375. The number of hydrogen-bond acceptors (Lipinski definition) is 7. The van der Waals surface area contributed by atoms with Gasteiger partial charge in [-0.3, -0.25) is 19.0 Å². The second kappa shape index (κ2) is 14.0. The molecule has 2 fully saturated rings. The lowest BCUT2D eigenvalue weighted by Crippen LogP contribution is -2.52. The van der Waals surface area contributed by atoms with Gasteiger partial charge in [-0.25, -0.2) is 0 Å². The van der Waals surface area contributed by atoms with Crippen molar-refractivity contribution in [2.24, 2.45) is 5.92 Å². The molecule has 10 nitrogen and oxygen atoms in total. The average molecular weight is 722 g/mol.